The van der Waals surface area contributed by atoms with Gasteiger partial charge in [-0.3, -0.25) is 9.59 Å². The number of likely N-dealkylation sites (N-methyl/N-ethyl adjacent to an activating group) is 1. The van der Waals surface area contributed by atoms with Gasteiger partial charge in [0.15, 0.2) is 6.61 Å². The standard InChI is InChI=1S/C20H23N3O4S/c1-12-15(14(3)27-22-12)9-10-19(25)26-11-18(24)23(4)13(2)20-21-16-7-5-6-8-17(16)28-20/h5-8,13H,9-11H2,1-4H3/t13-/m1/s1. The van der Waals surface area contributed by atoms with Crippen LogP contribution in [0.2, 0.25) is 0 Å². The van der Waals surface area contributed by atoms with Crippen LogP contribution >= 0.6 is 11.3 Å². The van der Waals surface area contributed by atoms with E-state index < -0.39 is 5.97 Å². The molecular formula is C20H23N3O4S. The van der Waals surface area contributed by atoms with Gasteiger partial charge in [0, 0.05) is 19.0 Å². The Bertz CT molecular complexity index is 942. The monoisotopic (exact) mass is 401 g/mol. The van der Waals surface area contributed by atoms with Crippen molar-refractivity contribution >= 4 is 33.4 Å². The highest BCUT2D eigenvalue weighted by Crippen LogP contribution is 2.28. The van der Waals surface area contributed by atoms with Gasteiger partial charge in [-0.25, -0.2) is 4.98 Å². The van der Waals surface area contributed by atoms with Crippen molar-refractivity contribution in [2.75, 3.05) is 13.7 Å². The van der Waals surface area contributed by atoms with E-state index in [-0.39, 0.29) is 25.0 Å². The maximum atomic E-state index is 12.4. The summed E-state index contributed by atoms with van der Waals surface area (Å²) in [6, 6.07) is 7.65. The number of hydrogen-bond acceptors (Lipinski definition) is 7. The van der Waals surface area contributed by atoms with E-state index in [2.05, 4.69) is 10.1 Å². The maximum Gasteiger partial charge on any atom is 0.306 e. The molecule has 3 rings (SSSR count). The number of ether oxygens (including phenoxy) is 1. The van der Waals surface area contributed by atoms with Gasteiger partial charge in [0.25, 0.3) is 5.91 Å². The van der Waals surface area contributed by atoms with Crippen LogP contribution < -0.4 is 0 Å². The molecule has 3 aromatic rings. The molecule has 2 aromatic heterocycles. The highest BCUT2D eigenvalue weighted by Gasteiger charge is 2.22. The number of esters is 1. The van der Waals surface area contributed by atoms with Crippen molar-refractivity contribution in [1.29, 1.82) is 0 Å². The van der Waals surface area contributed by atoms with Crippen molar-refractivity contribution in [3.8, 4) is 0 Å². The lowest BCUT2D eigenvalue weighted by atomic mass is 10.1. The predicted octanol–water partition coefficient (Wildman–Crippen LogP) is 3.60. The molecule has 0 bridgehead atoms. The lowest BCUT2D eigenvalue weighted by molar-refractivity contribution is -0.152. The fourth-order valence-corrected chi connectivity index (χ4v) is 3.92. The third kappa shape index (κ3) is 4.39. The first-order valence-corrected chi connectivity index (χ1v) is 9.87. The lowest BCUT2D eigenvalue weighted by Gasteiger charge is -2.23. The topological polar surface area (TPSA) is 85.5 Å². The first-order chi connectivity index (χ1) is 13.4. The molecule has 8 heteroatoms. The minimum Gasteiger partial charge on any atom is -0.456 e. The molecule has 0 unspecified atom stereocenters. The molecular weight excluding hydrogens is 378 g/mol. The van der Waals surface area contributed by atoms with Gasteiger partial charge in [-0.05, 0) is 39.3 Å². The van der Waals surface area contributed by atoms with E-state index in [4.69, 9.17) is 9.26 Å². The summed E-state index contributed by atoms with van der Waals surface area (Å²) in [4.78, 5) is 30.6. The SMILES string of the molecule is Cc1noc(C)c1CCC(=O)OCC(=O)N(C)[C@H](C)c1nc2ccccc2s1. The van der Waals surface area contributed by atoms with Crippen LogP contribution in [0.15, 0.2) is 28.8 Å². The van der Waals surface area contributed by atoms with Gasteiger partial charge in [0.2, 0.25) is 0 Å². The van der Waals surface area contributed by atoms with Crippen LogP contribution in [-0.4, -0.2) is 40.6 Å². The number of carbonyl (C=O) groups is 2. The van der Waals surface area contributed by atoms with Gasteiger partial charge in [-0.15, -0.1) is 11.3 Å². The molecule has 0 N–H and O–H groups in total. The normalized spacial score (nSPS) is 12.1. The molecule has 0 fully saturated rings. The molecule has 0 aliphatic carbocycles. The maximum absolute atomic E-state index is 12.4. The zero-order valence-electron chi connectivity index (χ0n) is 16.4. The summed E-state index contributed by atoms with van der Waals surface area (Å²) in [6.45, 7) is 5.27. The number of thiazole rings is 1. The molecule has 0 saturated carbocycles. The quantitative estimate of drug-likeness (QED) is 0.563. The summed E-state index contributed by atoms with van der Waals surface area (Å²) < 4.78 is 11.3. The van der Waals surface area contributed by atoms with Gasteiger partial charge in [0.1, 0.15) is 10.8 Å². The Balaban J connectivity index is 1.51. The first kappa shape index (κ1) is 20.0. The Morgan fingerprint density at radius 1 is 1.29 bits per heavy atom. The second-order valence-electron chi connectivity index (χ2n) is 6.66. The van der Waals surface area contributed by atoms with E-state index in [0.29, 0.717) is 12.2 Å². The smallest absolute Gasteiger partial charge is 0.306 e. The average molecular weight is 401 g/mol. The van der Waals surface area contributed by atoms with E-state index in [0.717, 1.165) is 26.5 Å². The fraction of sp³-hybridized carbons (Fsp3) is 0.400. The Morgan fingerprint density at radius 2 is 2.04 bits per heavy atom. The number of amides is 1. The summed E-state index contributed by atoms with van der Waals surface area (Å²) in [5.41, 5.74) is 2.59. The predicted molar refractivity (Wildman–Crippen MR) is 106 cm³/mol. The number of fused-ring (bicyclic) bond motifs is 1. The summed E-state index contributed by atoms with van der Waals surface area (Å²) in [7, 11) is 1.69. The molecule has 0 aliphatic rings. The summed E-state index contributed by atoms with van der Waals surface area (Å²) in [6.07, 6.45) is 0.652. The minimum absolute atomic E-state index is 0.174. The Morgan fingerprint density at radius 3 is 2.71 bits per heavy atom. The van der Waals surface area contributed by atoms with Crippen molar-refractivity contribution in [3.05, 3.63) is 46.3 Å². The number of nitrogens with zero attached hydrogens (tertiary/aromatic N) is 3. The molecule has 0 radical (unpaired) electrons. The Kier molecular flexibility index (Phi) is 6.08. The van der Waals surface area contributed by atoms with Crippen molar-refractivity contribution in [1.82, 2.24) is 15.0 Å². The molecule has 28 heavy (non-hydrogen) atoms. The lowest BCUT2D eigenvalue weighted by Crippen LogP contribution is -2.33. The molecule has 2 heterocycles. The molecule has 148 valence electrons. The van der Waals surface area contributed by atoms with E-state index in [9.17, 15) is 9.59 Å². The van der Waals surface area contributed by atoms with Crippen molar-refractivity contribution in [2.24, 2.45) is 0 Å². The molecule has 1 atom stereocenters. The minimum atomic E-state index is -0.422. The van der Waals surface area contributed by atoms with Gasteiger partial charge in [0.05, 0.1) is 22.0 Å². The van der Waals surface area contributed by atoms with Gasteiger partial charge < -0.3 is 14.2 Å². The number of para-hydroxylation sites is 1. The van der Waals surface area contributed by atoms with E-state index in [1.807, 2.05) is 45.0 Å². The van der Waals surface area contributed by atoms with Crippen LogP contribution in [0.3, 0.4) is 0 Å². The molecule has 7 nitrogen and oxygen atoms in total. The van der Waals surface area contributed by atoms with Crippen LogP contribution in [0.25, 0.3) is 10.2 Å². The highest BCUT2D eigenvalue weighted by molar-refractivity contribution is 7.18. The zero-order chi connectivity index (χ0) is 20.3. The Hall–Kier alpha value is -2.74. The summed E-state index contributed by atoms with van der Waals surface area (Å²) in [5, 5.41) is 4.71. The molecule has 1 aromatic carbocycles. The first-order valence-electron chi connectivity index (χ1n) is 9.05. The highest BCUT2D eigenvalue weighted by atomic mass is 32.1. The van der Waals surface area contributed by atoms with Crippen molar-refractivity contribution in [3.63, 3.8) is 0 Å². The zero-order valence-corrected chi connectivity index (χ0v) is 17.2. The molecule has 1 amide bonds. The number of carbonyl (C=O) groups excluding carboxylic acids is 2. The molecule has 0 aliphatic heterocycles. The van der Waals surface area contributed by atoms with Crippen molar-refractivity contribution in [2.45, 2.75) is 39.7 Å². The molecule has 0 saturated heterocycles. The average Bonchev–Trinajstić information content (AvgIpc) is 3.26. The number of hydrogen-bond donors (Lipinski definition) is 0. The number of aryl methyl sites for hydroxylation is 2. The Labute approximate surface area is 167 Å². The van der Waals surface area contributed by atoms with Crippen LogP contribution in [-0.2, 0) is 20.7 Å². The van der Waals surface area contributed by atoms with Crippen LogP contribution in [0.1, 0.15) is 41.4 Å². The number of benzene rings is 1. The number of rotatable bonds is 7. The summed E-state index contributed by atoms with van der Waals surface area (Å²) in [5.74, 6) is 0.0117. The van der Waals surface area contributed by atoms with Gasteiger partial charge in [-0.1, -0.05) is 17.3 Å². The van der Waals surface area contributed by atoms with E-state index in [1.54, 1.807) is 23.3 Å². The largest absolute Gasteiger partial charge is 0.456 e. The van der Waals surface area contributed by atoms with Crippen molar-refractivity contribution < 1.29 is 18.8 Å². The van der Waals surface area contributed by atoms with Crippen LogP contribution in [0, 0.1) is 13.8 Å². The van der Waals surface area contributed by atoms with Gasteiger partial charge >= 0.3 is 5.97 Å². The van der Waals surface area contributed by atoms with E-state index in [1.165, 1.54) is 0 Å². The van der Waals surface area contributed by atoms with Gasteiger partial charge in [-0.2, -0.15) is 0 Å². The van der Waals surface area contributed by atoms with E-state index >= 15 is 0 Å². The molecule has 0 spiro atoms. The summed E-state index contributed by atoms with van der Waals surface area (Å²) >= 11 is 1.56. The van der Waals surface area contributed by atoms with Crippen LogP contribution in [0.5, 0.6) is 0 Å². The second-order valence-corrected chi connectivity index (χ2v) is 7.73. The third-order valence-electron chi connectivity index (χ3n) is 4.76. The number of aromatic nitrogens is 2. The van der Waals surface area contributed by atoms with Crippen LogP contribution in [0.4, 0.5) is 0 Å². The third-order valence-corrected chi connectivity index (χ3v) is 5.97. The second kappa shape index (κ2) is 8.52. The fourth-order valence-electron chi connectivity index (χ4n) is 2.85.